The molecule has 19 heavy (non-hydrogen) atoms. The van der Waals surface area contributed by atoms with E-state index in [0.717, 1.165) is 0 Å². The standard InChI is InChI=1S/C15H24FNO2/c1-5-15(18,6-2)10-17-11(3)13-8-7-12(19-4)9-14(13)16/h7-9,11,17-18H,5-6,10H2,1-4H3. The van der Waals surface area contributed by atoms with E-state index in [-0.39, 0.29) is 11.9 Å². The molecule has 0 heterocycles. The van der Waals surface area contributed by atoms with E-state index in [4.69, 9.17) is 4.74 Å². The van der Waals surface area contributed by atoms with E-state index in [9.17, 15) is 9.50 Å². The van der Waals surface area contributed by atoms with Crippen molar-refractivity contribution < 1.29 is 14.2 Å². The van der Waals surface area contributed by atoms with Crippen molar-refractivity contribution in [2.45, 2.75) is 45.3 Å². The zero-order chi connectivity index (χ0) is 14.5. The maximum Gasteiger partial charge on any atom is 0.131 e. The Labute approximate surface area is 114 Å². The number of hydrogen-bond acceptors (Lipinski definition) is 3. The van der Waals surface area contributed by atoms with Gasteiger partial charge in [-0.1, -0.05) is 19.9 Å². The summed E-state index contributed by atoms with van der Waals surface area (Å²) >= 11 is 0. The largest absolute Gasteiger partial charge is 0.497 e. The fraction of sp³-hybridized carbons (Fsp3) is 0.600. The molecule has 1 unspecified atom stereocenters. The van der Waals surface area contributed by atoms with Crippen molar-refractivity contribution >= 4 is 0 Å². The molecule has 1 aromatic rings. The van der Waals surface area contributed by atoms with Crippen LogP contribution in [0.5, 0.6) is 5.75 Å². The minimum atomic E-state index is -0.725. The van der Waals surface area contributed by atoms with Gasteiger partial charge in [0.2, 0.25) is 0 Å². The summed E-state index contributed by atoms with van der Waals surface area (Å²) in [7, 11) is 1.51. The normalized spacial score (nSPS) is 13.4. The minimum Gasteiger partial charge on any atom is -0.497 e. The van der Waals surface area contributed by atoms with Gasteiger partial charge in [-0.2, -0.15) is 0 Å². The minimum absolute atomic E-state index is 0.157. The van der Waals surface area contributed by atoms with Gasteiger partial charge in [-0.25, -0.2) is 4.39 Å². The summed E-state index contributed by atoms with van der Waals surface area (Å²) in [6.45, 7) is 6.23. The number of hydrogen-bond donors (Lipinski definition) is 2. The van der Waals surface area contributed by atoms with Crippen LogP contribution in [-0.2, 0) is 0 Å². The van der Waals surface area contributed by atoms with Gasteiger partial charge < -0.3 is 15.2 Å². The first kappa shape index (κ1) is 15.9. The van der Waals surface area contributed by atoms with Crippen molar-refractivity contribution in [2.24, 2.45) is 0 Å². The number of methoxy groups -OCH3 is 1. The molecule has 2 N–H and O–H groups in total. The Bertz CT molecular complexity index is 405. The summed E-state index contributed by atoms with van der Waals surface area (Å²) in [5.41, 5.74) is -0.146. The van der Waals surface area contributed by atoms with Crippen LogP contribution in [0, 0.1) is 5.82 Å². The van der Waals surface area contributed by atoms with Crippen LogP contribution in [0.4, 0.5) is 4.39 Å². The Balaban J connectivity index is 2.70. The predicted molar refractivity (Wildman–Crippen MR) is 74.9 cm³/mol. The molecule has 0 radical (unpaired) electrons. The number of halogens is 1. The van der Waals surface area contributed by atoms with Crippen LogP contribution in [0.15, 0.2) is 18.2 Å². The summed E-state index contributed by atoms with van der Waals surface area (Å²) in [6.07, 6.45) is 1.35. The second-order valence-corrected chi connectivity index (χ2v) is 4.92. The highest BCUT2D eigenvalue weighted by Crippen LogP contribution is 2.22. The molecular formula is C15H24FNO2. The highest BCUT2D eigenvalue weighted by Gasteiger charge is 2.23. The van der Waals surface area contributed by atoms with E-state index in [1.807, 2.05) is 20.8 Å². The first-order valence-electron chi connectivity index (χ1n) is 6.75. The third-order valence-electron chi connectivity index (χ3n) is 3.73. The van der Waals surface area contributed by atoms with Gasteiger partial charge in [0.25, 0.3) is 0 Å². The third-order valence-corrected chi connectivity index (χ3v) is 3.73. The zero-order valence-corrected chi connectivity index (χ0v) is 12.2. The zero-order valence-electron chi connectivity index (χ0n) is 12.2. The first-order chi connectivity index (χ1) is 8.95. The van der Waals surface area contributed by atoms with Gasteiger partial charge >= 0.3 is 0 Å². The summed E-state index contributed by atoms with van der Waals surface area (Å²) in [4.78, 5) is 0. The number of rotatable bonds is 7. The maximum absolute atomic E-state index is 13.9. The molecule has 0 aliphatic rings. The van der Waals surface area contributed by atoms with Gasteiger partial charge in [0, 0.05) is 24.2 Å². The fourth-order valence-electron chi connectivity index (χ4n) is 1.94. The molecular weight excluding hydrogens is 245 g/mol. The molecule has 3 nitrogen and oxygen atoms in total. The summed E-state index contributed by atoms with van der Waals surface area (Å²) in [5.74, 6) is 0.211. The Kier molecular flexibility index (Phi) is 5.76. The molecule has 0 aliphatic heterocycles. The molecule has 0 fully saturated rings. The van der Waals surface area contributed by atoms with Crippen LogP contribution in [0.25, 0.3) is 0 Å². The smallest absolute Gasteiger partial charge is 0.131 e. The second kappa shape index (κ2) is 6.87. The van der Waals surface area contributed by atoms with Gasteiger partial charge in [0.1, 0.15) is 11.6 Å². The molecule has 1 aromatic carbocycles. The third kappa shape index (κ3) is 4.18. The molecule has 1 atom stereocenters. The van der Waals surface area contributed by atoms with Gasteiger partial charge in [0.05, 0.1) is 12.7 Å². The van der Waals surface area contributed by atoms with Crippen LogP contribution in [0.2, 0.25) is 0 Å². The molecule has 0 aromatic heterocycles. The predicted octanol–water partition coefficient (Wildman–Crippen LogP) is 3.04. The molecule has 0 saturated heterocycles. The fourth-order valence-corrected chi connectivity index (χ4v) is 1.94. The first-order valence-corrected chi connectivity index (χ1v) is 6.75. The van der Waals surface area contributed by atoms with Crippen molar-refractivity contribution in [1.82, 2.24) is 5.32 Å². The number of benzene rings is 1. The van der Waals surface area contributed by atoms with Gasteiger partial charge in [0.15, 0.2) is 0 Å². The van der Waals surface area contributed by atoms with Crippen LogP contribution >= 0.6 is 0 Å². The molecule has 0 amide bonds. The average Bonchev–Trinajstić information content (AvgIpc) is 2.44. The monoisotopic (exact) mass is 269 g/mol. The van der Waals surface area contributed by atoms with Crippen molar-refractivity contribution in [2.75, 3.05) is 13.7 Å². The van der Waals surface area contributed by atoms with Crippen LogP contribution in [0.1, 0.15) is 45.2 Å². The van der Waals surface area contributed by atoms with Crippen LogP contribution < -0.4 is 10.1 Å². The lowest BCUT2D eigenvalue weighted by molar-refractivity contribution is 0.0302. The van der Waals surface area contributed by atoms with Gasteiger partial charge in [-0.3, -0.25) is 0 Å². The molecule has 0 bridgehead atoms. The lowest BCUT2D eigenvalue weighted by atomic mass is 9.96. The Morgan fingerprint density at radius 1 is 1.37 bits per heavy atom. The maximum atomic E-state index is 13.9. The van der Waals surface area contributed by atoms with E-state index in [1.165, 1.54) is 13.2 Å². The average molecular weight is 269 g/mol. The van der Waals surface area contributed by atoms with Crippen molar-refractivity contribution in [3.63, 3.8) is 0 Å². The lowest BCUT2D eigenvalue weighted by Crippen LogP contribution is -2.40. The van der Waals surface area contributed by atoms with E-state index < -0.39 is 5.60 Å². The van der Waals surface area contributed by atoms with Crippen molar-refractivity contribution in [1.29, 1.82) is 0 Å². The van der Waals surface area contributed by atoms with E-state index >= 15 is 0 Å². The van der Waals surface area contributed by atoms with Gasteiger partial charge in [-0.05, 0) is 25.8 Å². The molecule has 0 aliphatic carbocycles. The van der Waals surface area contributed by atoms with Crippen molar-refractivity contribution in [3.8, 4) is 5.75 Å². The highest BCUT2D eigenvalue weighted by molar-refractivity contribution is 5.30. The number of ether oxygens (including phenoxy) is 1. The summed E-state index contributed by atoms with van der Waals surface area (Å²) in [6, 6.07) is 4.67. The number of aliphatic hydroxyl groups is 1. The van der Waals surface area contributed by atoms with E-state index in [0.29, 0.717) is 30.7 Å². The topological polar surface area (TPSA) is 41.5 Å². The Morgan fingerprint density at radius 2 is 2.00 bits per heavy atom. The molecule has 1 rings (SSSR count). The van der Waals surface area contributed by atoms with Crippen LogP contribution in [-0.4, -0.2) is 24.4 Å². The molecule has 0 spiro atoms. The summed E-state index contributed by atoms with van der Waals surface area (Å²) < 4.78 is 18.9. The molecule has 108 valence electrons. The highest BCUT2D eigenvalue weighted by atomic mass is 19.1. The molecule has 0 saturated carbocycles. The summed E-state index contributed by atoms with van der Waals surface area (Å²) in [5, 5.41) is 13.4. The Hall–Kier alpha value is -1.13. The van der Waals surface area contributed by atoms with Gasteiger partial charge in [-0.15, -0.1) is 0 Å². The van der Waals surface area contributed by atoms with E-state index in [2.05, 4.69) is 5.32 Å². The van der Waals surface area contributed by atoms with Crippen LogP contribution in [0.3, 0.4) is 0 Å². The lowest BCUT2D eigenvalue weighted by Gasteiger charge is -2.28. The van der Waals surface area contributed by atoms with E-state index in [1.54, 1.807) is 12.1 Å². The second-order valence-electron chi connectivity index (χ2n) is 4.92. The number of nitrogens with one attached hydrogen (secondary N) is 1. The van der Waals surface area contributed by atoms with Crippen molar-refractivity contribution in [3.05, 3.63) is 29.6 Å². The Morgan fingerprint density at radius 3 is 2.47 bits per heavy atom. The quantitative estimate of drug-likeness (QED) is 0.799. The molecule has 4 heteroatoms. The SMILES string of the molecule is CCC(O)(CC)CNC(C)c1ccc(OC)cc1F.